The molecule has 2 saturated heterocycles. The molecular weight excluding hydrogens is 286 g/mol. The fourth-order valence-electron chi connectivity index (χ4n) is 3.65. The Hall–Kier alpha value is -1.89. The number of likely N-dealkylation sites (tertiary alicyclic amines) is 1. The molecule has 3 rings (SSSR count). The Bertz CT molecular complexity index is 580. The summed E-state index contributed by atoms with van der Waals surface area (Å²) in [4.78, 5) is 37.7. The van der Waals surface area contributed by atoms with E-state index in [0.717, 1.165) is 0 Å². The van der Waals surface area contributed by atoms with Crippen LogP contribution in [0.5, 0.6) is 0 Å². The maximum absolute atomic E-state index is 12.6. The van der Waals surface area contributed by atoms with E-state index in [-0.39, 0.29) is 36.5 Å². The lowest BCUT2D eigenvalue weighted by molar-refractivity contribution is -0.139. The number of hydrogen-bond acceptors (Lipinski definition) is 4. The van der Waals surface area contributed by atoms with Gasteiger partial charge in [0.1, 0.15) is 5.60 Å². The molecule has 0 aromatic carbocycles. The van der Waals surface area contributed by atoms with Gasteiger partial charge in [0.2, 0.25) is 17.7 Å². The minimum absolute atomic E-state index is 0.146. The van der Waals surface area contributed by atoms with Crippen molar-refractivity contribution in [3.05, 3.63) is 12.2 Å². The summed E-state index contributed by atoms with van der Waals surface area (Å²) in [7, 11) is 0. The Morgan fingerprint density at radius 3 is 2.77 bits per heavy atom. The summed E-state index contributed by atoms with van der Waals surface area (Å²) in [5.74, 6) is -2.14. The first-order valence-corrected chi connectivity index (χ1v) is 7.39. The second-order valence-electron chi connectivity index (χ2n) is 7.30. The number of nitrogens with two attached hydrogens (primary N) is 1. The standard InChI is InChI=1S/C15H21N3O4/c1-14(2,3)17-12(20)10-8-4-5-15(22-8)7-18(6-9(16)19)13(21)11(10)15/h4-5,8,10-11H,6-7H2,1-3H3,(H2,16,19)(H,17,20)/t8-,10-,11+,15-/m1/s1. The van der Waals surface area contributed by atoms with Crippen molar-refractivity contribution < 1.29 is 19.1 Å². The minimum Gasteiger partial charge on any atom is -0.368 e. The summed E-state index contributed by atoms with van der Waals surface area (Å²) in [6.45, 7) is 5.79. The van der Waals surface area contributed by atoms with E-state index >= 15 is 0 Å². The van der Waals surface area contributed by atoms with Crippen molar-refractivity contribution in [2.75, 3.05) is 13.1 Å². The molecule has 3 aliphatic heterocycles. The van der Waals surface area contributed by atoms with Crippen LogP contribution < -0.4 is 11.1 Å². The zero-order valence-corrected chi connectivity index (χ0v) is 13.0. The number of fused-ring (bicyclic) bond motifs is 1. The van der Waals surface area contributed by atoms with Crippen LogP contribution in [0.4, 0.5) is 0 Å². The lowest BCUT2D eigenvalue weighted by Crippen LogP contribution is -2.49. The molecule has 3 aliphatic rings. The van der Waals surface area contributed by atoms with Gasteiger partial charge in [0.15, 0.2) is 0 Å². The Morgan fingerprint density at radius 1 is 1.50 bits per heavy atom. The molecule has 3 N–H and O–H groups in total. The number of carbonyl (C=O) groups excluding carboxylic acids is 3. The Balaban J connectivity index is 1.86. The molecule has 3 heterocycles. The van der Waals surface area contributed by atoms with Gasteiger partial charge < -0.3 is 20.7 Å². The van der Waals surface area contributed by atoms with Crippen molar-refractivity contribution in [3.8, 4) is 0 Å². The van der Waals surface area contributed by atoms with E-state index in [9.17, 15) is 14.4 Å². The van der Waals surface area contributed by atoms with Crippen LogP contribution >= 0.6 is 0 Å². The molecule has 7 nitrogen and oxygen atoms in total. The van der Waals surface area contributed by atoms with Crippen LogP contribution in [-0.2, 0) is 19.1 Å². The van der Waals surface area contributed by atoms with Gasteiger partial charge in [-0.25, -0.2) is 0 Å². The van der Waals surface area contributed by atoms with Gasteiger partial charge in [0, 0.05) is 5.54 Å². The molecule has 1 spiro atoms. The topological polar surface area (TPSA) is 102 Å². The van der Waals surface area contributed by atoms with E-state index < -0.39 is 23.3 Å². The summed E-state index contributed by atoms with van der Waals surface area (Å²) < 4.78 is 5.93. The Morgan fingerprint density at radius 2 is 2.18 bits per heavy atom. The highest BCUT2D eigenvalue weighted by Crippen LogP contribution is 2.51. The number of rotatable bonds is 3. The molecular formula is C15H21N3O4. The van der Waals surface area contributed by atoms with Crippen LogP contribution in [0, 0.1) is 11.8 Å². The van der Waals surface area contributed by atoms with Gasteiger partial charge >= 0.3 is 0 Å². The molecule has 3 amide bonds. The fourth-order valence-corrected chi connectivity index (χ4v) is 3.65. The van der Waals surface area contributed by atoms with Crippen LogP contribution in [0.1, 0.15) is 20.8 Å². The molecule has 120 valence electrons. The summed E-state index contributed by atoms with van der Waals surface area (Å²) in [6.07, 6.45) is 3.30. The third-order valence-corrected chi connectivity index (χ3v) is 4.33. The number of carbonyl (C=O) groups is 3. The number of ether oxygens (including phenoxy) is 1. The van der Waals surface area contributed by atoms with Crippen molar-refractivity contribution in [1.29, 1.82) is 0 Å². The van der Waals surface area contributed by atoms with E-state index in [0.29, 0.717) is 0 Å². The zero-order chi connectivity index (χ0) is 16.3. The SMILES string of the molecule is CC(C)(C)NC(=O)[C@H]1[C@H]2C(=O)N(CC(N)=O)C[C@]23C=C[C@H]1O3. The van der Waals surface area contributed by atoms with Gasteiger partial charge in [0.25, 0.3) is 0 Å². The minimum atomic E-state index is -0.795. The molecule has 2 bridgehead atoms. The van der Waals surface area contributed by atoms with Gasteiger partial charge in [-0.15, -0.1) is 0 Å². The fraction of sp³-hybridized carbons (Fsp3) is 0.667. The van der Waals surface area contributed by atoms with E-state index in [1.165, 1.54) is 4.90 Å². The lowest BCUT2D eigenvalue weighted by atomic mass is 9.76. The van der Waals surface area contributed by atoms with Crippen molar-refractivity contribution in [2.24, 2.45) is 17.6 Å². The van der Waals surface area contributed by atoms with E-state index in [2.05, 4.69) is 5.32 Å². The van der Waals surface area contributed by atoms with Crippen LogP contribution in [0.25, 0.3) is 0 Å². The molecule has 0 aliphatic carbocycles. The van der Waals surface area contributed by atoms with Gasteiger partial charge in [-0.2, -0.15) is 0 Å². The third-order valence-electron chi connectivity index (χ3n) is 4.33. The van der Waals surface area contributed by atoms with Crippen molar-refractivity contribution in [3.63, 3.8) is 0 Å². The first-order valence-electron chi connectivity index (χ1n) is 7.39. The Labute approximate surface area is 128 Å². The molecule has 0 radical (unpaired) electrons. The molecule has 0 unspecified atom stereocenters. The second-order valence-corrected chi connectivity index (χ2v) is 7.30. The second kappa shape index (κ2) is 4.55. The molecule has 0 aromatic heterocycles. The molecule has 0 saturated carbocycles. The number of hydrogen-bond donors (Lipinski definition) is 2. The van der Waals surface area contributed by atoms with Gasteiger partial charge in [-0.3, -0.25) is 14.4 Å². The molecule has 4 atom stereocenters. The number of nitrogens with zero attached hydrogens (tertiary/aromatic N) is 1. The summed E-state index contributed by atoms with van der Waals surface area (Å²) in [5, 5.41) is 2.92. The number of amides is 3. The van der Waals surface area contributed by atoms with E-state index in [1.54, 1.807) is 0 Å². The largest absolute Gasteiger partial charge is 0.368 e. The van der Waals surface area contributed by atoms with Crippen molar-refractivity contribution in [2.45, 2.75) is 38.0 Å². The predicted molar refractivity (Wildman–Crippen MR) is 77.4 cm³/mol. The molecule has 2 fully saturated rings. The zero-order valence-electron chi connectivity index (χ0n) is 13.0. The van der Waals surface area contributed by atoms with Crippen molar-refractivity contribution in [1.82, 2.24) is 10.2 Å². The Kier molecular flexibility index (Phi) is 3.11. The number of primary amides is 1. The third kappa shape index (κ3) is 2.20. The highest BCUT2D eigenvalue weighted by Gasteiger charge is 2.66. The van der Waals surface area contributed by atoms with Crippen LogP contribution in [-0.4, -0.2) is 53.0 Å². The van der Waals surface area contributed by atoms with E-state index in [1.807, 2.05) is 32.9 Å². The van der Waals surface area contributed by atoms with Crippen LogP contribution in [0.2, 0.25) is 0 Å². The van der Waals surface area contributed by atoms with Crippen LogP contribution in [0.15, 0.2) is 12.2 Å². The number of nitrogens with one attached hydrogen (secondary N) is 1. The highest BCUT2D eigenvalue weighted by molar-refractivity contribution is 5.94. The molecule has 0 aromatic rings. The lowest BCUT2D eigenvalue weighted by Gasteiger charge is -2.28. The molecule has 7 heteroatoms. The first kappa shape index (κ1) is 15.0. The predicted octanol–water partition coefficient (Wildman–Crippen LogP) is -0.832. The van der Waals surface area contributed by atoms with Crippen LogP contribution in [0.3, 0.4) is 0 Å². The average Bonchev–Trinajstić information content (AvgIpc) is 2.96. The smallest absolute Gasteiger partial charge is 0.237 e. The monoisotopic (exact) mass is 307 g/mol. The quantitative estimate of drug-likeness (QED) is 0.664. The maximum Gasteiger partial charge on any atom is 0.237 e. The summed E-state index contributed by atoms with van der Waals surface area (Å²) in [6, 6.07) is 0. The van der Waals surface area contributed by atoms with Gasteiger partial charge in [0.05, 0.1) is 31.0 Å². The normalized spacial score (nSPS) is 35.9. The summed E-state index contributed by atoms with van der Waals surface area (Å²) in [5.41, 5.74) is 4.01. The first-order chi connectivity index (χ1) is 10.1. The average molecular weight is 307 g/mol. The molecule has 22 heavy (non-hydrogen) atoms. The highest BCUT2D eigenvalue weighted by atomic mass is 16.5. The van der Waals surface area contributed by atoms with Gasteiger partial charge in [-0.1, -0.05) is 12.2 Å². The van der Waals surface area contributed by atoms with E-state index in [4.69, 9.17) is 10.5 Å². The van der Waals surface area contributed by atoms with Gasteiger partial charge in [-0.05, 0) is 20.8 Å². The maximum atomic E-state index is 12.6. The summed E-state index contributed by atoms with van der Waals surface area (Å²) >= 11 is 0. The van der Waals surface area contributed by atoms with Crippen molar-refractivity contribution >= 4 is 17.7 Å².